The molecule has 0 fully saturated rings. The number of benzene rings is 1. The Balaban J connectivity index is 3.19. The van der Waals surface area contributed by atoms with Gasteiger partial charge in [-0.2, -0.15) is 5.26 Å². The molecule has 1 amide bonds. The summed E-state index contributed by atoms with van der Waals surface area (Å²) in [5.41, 5.74) is 12.5. The lowest BCUT2D eigenvalue weighted by Crippen LogP contribution is -2.39. The molecule has 0 saturated heterocycles. The van der Waals surface area contributed by atoms with Gasteiger partial charge in [-0.25, -0.2) is 0 Å². The number of primary amides is 1. The lowest BCUT2D eigenvalue weighted by Gasteiger charge is -2.28. The fourth-order valence-corrected chi connectivity index (χ4v) is 1.61. The van der Waals surface area contributed by atoms with E-state index in [0.717, 1.165) is 0 Å². The van der Waals surface area contributed by atoms with Gasteiger partial charge < -0.3 is 16.4 Å². The van der Waals surface area contributed by atoms with Gasteiger partial charge >= 0.3 is 0 Å². The van der Waals surface area contributed by atoms with Crippen molar-refractivity contribution in [3.8, 4) is 6.07 Å². The van der Waals surface area contributed by atoms with Crippen LogP contribution >= 0.6 is 0 Å². The molecule has 1 aromatic rings. The number of hydrogen-bond acceptors (Lipinski definition) is 4. The normalized spacial score (nSPS) is 10.0. The summed E-state index contributed by atoms with van der Waals surface area (Å²) in [4.78, 5) is 12.8. The number of hydrogen-bond donors (Lipinski definition) is 2. The number of nitriles is 1. The summed E-state index contributed by atoms with van der Waals surface area (Å²) in [6, 6.07) is 7.16. The maximum absolute atomic E-state index is 11.0. The molecule has 1 rings (SSSR count). The van der Waals surface area contributed by atoms with E-state index < -0.39 is 5.91 Å². The summed E-state index contributed by atoms with van der Waals surface area (Å²) in [5.74, 6) is -0.431. The quantitative estimate of drug-likeness (QED) is 0.752. The van der Waals surface area contributed by atoms with Crippen LogP contribution in [0.25, 0.3) is 0 Å². The van der Waals surface area contributed by atoms with Gasteiger partial charge in [0.1, 0.15) is 6.07 Å². The maximum atomic E-state index is 11.0. The summed E-state index contributed by atoms with van der Waals surface area (Å²) < 4.78 is 0. The van der Waals surface area contributed by atoms with Gasteiger partial charge in [-0.3, -0.25) is 4.79 Å². The predicted molar refractivity (Wildman–Crippen MR) is 67.2 cm³/mol. The van der Waals surface area contributed by atoms with Crippen molar-refractivity contribution in [3.05, 3.63) is 23.8 Å². The molecule has 0 aliphatic heterocycles. The largest absolute Gasteiger partial charge is 0.399 e. The summed E-state index contributed by atoms with van der Waals surface area (Å²) in [5, 5.41) is 9.06. The van der Waals surface area contributed by atoms with Crippen LogP contribution < -0.4 is 16.4 Å². The van der Waals surface area contributed by atoms with Crippen LogP contribution in [0.3, 0.4) is 0 Å². The van der Waals surface area contributed by atoms with Crippen LogP contribution in [0.4, 0.5) is 11.4 Å². The van der Waals surface area contributed by atoms with E-state index in [2.05, 4.69) is 6.07 Å². The van der Waals surface area contributed by atoms with Crippen molar-refractivity contribution in [2.45, 2.75) is 19.9 Å². The van der Waals surface area contributed by atoms with Crippen molar-refractivity contribution in [3.63, 3.8) is 0 Å². The Bertz CT molecular complexity index is 462. The standard InChI is InChI=1S/C12H16N4O/c1-8(2)16(7-12(15)17)11-4-3-10(14)5-9(11)6-13/h3-5,8H,7,14H2,1-2H3,(H2,15,17). The number of amides is 1. The number of carbonyl (C=O) groups excluding carboxylic acids is 1. The fraction of sp³-hybridized carbons (Fsp3) is 0.333. The second kappa shape index (κ2) is 5.21. The molecule has 1 aromatic carbocycles. The fourth-order valence-electron chi connectivity index (χ4n) is 1.61. The van der Waals surface area contributed by atoms with Gasteiger partial charge in [-0.15, -0.1) is 0 Å². The first-order valence-corrected chi connectivity index (χ1v) is 5.30. The van der Waals surface area contributed by atoms with Gasteiger partial charge in [0.25, 0.3) is 0 Å². The first-order chi connectivity index (χ1) is 7.95. The van der Waals surface area contributed by atoms with E-state index in [9.17, 15) is 4.79 Å². The van der Waals surface area contributed by atoms with Crippen molar-refractivity contribution in [2.75, 3.05) is 17.2 Å². The third kappa shape index (κ3) is 3.11. The Hall–Kier alpha value is -2.22. The van der Waals surface area contributed by atoms with Gasteiger partial charge in [0, 0.05) is 11.7 Å². The van der Waals surface area contributed by atoms with E-state index in [1.807, 2.05) is 13.8 Å². The molecule has 0 unspecified atom stereocenters. The predicted octanol–water partition coefficient (Wildman–Crippen LogP) is 0.841. The minimum absolute atomic E-state index is 0.0678. The summed E-state index contributed by atoms with van der Waals surface area (Å²) >= 11 is 0. The molecule has 0 heterocycles. The highest BCUT2D eigenvalue weighted by Gasteiger charge is 2.16. The summed E-state index contributed by atoms with van der Waals surface area (Å²) in [6.45, 7) is 3.94. The molecule has 0 radical (unpaired) electrons. The first kappa shape index (κ1) is 12.8. The highest BCUT2D eigenvalue weighted by molar-refractivity contribution is 5.80. The number of carbonyl (C=O) groups is 1. The van der Waals surface area contributed by atoms with Crippen molar-refractivity contribution in [1.82, 2.24) is 0 Å². The molecular weight excluding hydrogens is 216 g/mol. The minimum atomic E-state index is -0.431. The molecule has 0 atom stereocenters. The van der Waals surface area contributed by atoms with E-state index in [1.54, 1.807) is 23.1 Å². The molecule has 0 bridgehead atoms. The Morgan fingerprint density at radius 3 is 2.65 bits per heavy atom. The van der Waals surface area contributed by atoms with Gasteiger partial charge in [0.05, 0.1) is 17.8 Å². The van der Waals surface area contributed by atoms with E-state index >= 15 is 0 Å². The topological polar surface area (TPSA) is 96.1 Å². The number of nitrogen functional groups attached to an aromatic ring is 1. The molecule has 0 aliphatic carbocycles. The van der Waals surface area contributed by atoms with Crippen LogP contribution in [-0.4, -0.2) is 18.5 Å². The summed E-state index contributed by atoms with van der Waals surface area (Å²) in [7, 11) is 0. The van der Waals surface area contributed by atoms with Crippen LogP contribution in [0.5, 0.6) is 0 Å². The number of rotatable bonds is 4. The number of nitrogens with two attached hydrogens (primary N) is 2. The molecule has 5 heteroatoms. The van der Waals surface area contributed by atoms with Crippen LogP contribution in [0.1, 0.15) is 19.4 Å². The van der Waals surface area contributed by atoms with E-state index in [0.29, 0.717) is 16.9 Å². The molecular formula is C12H16N4O. The van der Waals surface area contributed by atoms with E-state index in [1.165, 1.54) is 0 Å². The van der Waals surface area contributed by atoms with Gasteiger partial charge in [0.15, 0.2) is 0 Å². The molecule has 90 valence electrons. The smallest absolute Gasteiger partial charge is 0.236 e. The van der Waals surface area contributed by atoms with E-state index in [-0.39, 0.29) is 12.6 Å². The second-order valence-electron chi connectivity index (χ2n) is 4.08. The van der Waals surface area contributed by atoms with Crippen LogP contribution in [0, 0.1) is 11.3 Å². The highest BCUT2D eigenvalue weighted by Crippen LogP contribution is 2.24. The van der Waals surface area contributed by atoms with Gasteiger partial charge in [0.2, 0.25) is 5.91 Å². The zero-order valence-corrected chi connectivity index (χ0v) is 9.97. The average molecular weight is 232 g/mol. The van der Waals surface area contributed by atoms with Crippen LogP contribution in [0.2, 0.25) is 0 Å². The van der Waals surface area contributed by atoms with Crippen molar-refractivity contribution in [2.24, 2.45) is 5.73 Å². The van der Waals surface area contributed by atoms with Crippen molar-refractivity contribution >= 4 is 17.3 Å². The molecule has 0 aromatic heterocycles. The number of anilines is 2. The molecule has 0 spiro atoms. The van der Waals surface area contributed by atoms with Crippen LogP contribution in [0.15, 0.2) is 18.2 Å². The molecule has 4 N–H and O–H groups in total. The monoisotopic (exact) mass is 232 g/mol. The molecule has 17 heavy (non-hydrogen) atoms. The molecule has 0 aliphatic rings. The minimum Gasteiger partial charge on any atom is -0.399 e. The third-order valence-electron chi connectivity index (χ3n) is 2.40. The Labute approximate surface area is 101 Å². The molecule has 0 saturated carbocycles. The second-order valence-corrected chi connectivity index (χ2v) is 4.08. The Morgan fingerprint density at radius 2 is 2.18 bits per heavy atom. The average Bonchev–Trinajstić information content (AvgIpc) is 2.25. The highest BCUT2D eigenvalue weighted by atomic mass is 16.1. The Morgan fingerprint density at radius 1 is 1.53 bits per heavy atom. The van der Waals surface area contributed by atoms with Crippen molar-refractivity contribution in [1.29, 1.82) is 5.26 Å². The van der Waals surface area contributed by atoms with Gasteiger partial charge in [-0.1, -0.05) is 0 Å². The zero-order chi connectivity index (χ0) is 13.0. The van der Waals surface area contributed by atoms with Crippen molar-refractivity contribution < 1.29 is 4.79 Å². The van der Waals surface area contributed by atoms with Gasteiger partial charge in [-0.05, 0) is 32.0 Å². The maximum Gasteiger partial charge on any atom is 0.236 e. The summed E-state index contributed by atoms with van der Waals surface area (Å²) in [6.07, 6.45) is 0. The zero-order valence-electron chi connectivity index (χ0n) is 9.97. The molecule has 5 nitrogen and oxygen atoms in total. The van der Waals surface area contributed by atoms with E-state index in [4.69, 9.17) is 16.7 Å². The first-order valence-electron chi connectivity index (χ1n) is 5.30. The lowest BCUT2D eigenvalue weighted by atomic mass is 10.1. The Kier molecular flexibility index (Phi) is 3.94. The van der Waals surface area contributed by atoms with Crippen LogP contribution in [-0.2, 0) is 4.79 Å². The SMILES string of the molecule is CC(C)N(CC(N)=O)c1ccc(N)cc1C#N. The number of nitrogens with zero attached hydrogens (tertiary/aromatic N) is 2. The third-order valence-corrected chi connectivity index (χ3v) is 2.40. The lowest BCUT2D eigenvalue weighted by molar-refractivity contribution is -0.116.